The van der Waals surface area contributed by atoms with Crippen molar-refractivity contribution >= 4 is 12.0 Å². The molecule has 3 heterocycles. The number of benzene rings is 1. The number of hydrogen-bond acceptors (Lipinski definition) is 6. The maximum atomic E-state index is 13.3. The van der Waals surface area contributed by atoms with E-state index in [4.69, 9.17) is 4.74 Å². The third-order valence-electron chi connectivity index (χ3n) is 5.87. The number of hydrogen-bond donors (Lipinski definition) is 0. The van der Waals surface area contributed by atoms with Crippen LogP contribution in [0.25, 0.3) is 6.08 Å². The third kappa shape index (κ3) is 6.56. The Labute approximate surface area is 201 Å². The Morgan fingerprint density at radius 1 is 1.14 bits per heavy atom. The molecule has 0 spiro atoms. The number of amides is 1. The first-order valence-corrected chi connectivity index (χ1v) is 11.3. The van der Waals surface area contributed by atoms with Gasteiger partial charge in [-0.25, -0.2) is 0 Å². The van der Waals surface area contributed by atoms with Gasteiger partial charge in [0.05, 0.1) is 18.7 Å². The Kier molecular flexibility index (Phi) is 7.34. The van der Waals surface area contributed by atoms with Crippen LogP contribution in [0.15, 0.2) is 47.8 Å². The van der Waals surface area contributed by atoms with Crippen molar-refractivity contribution < 1.29 is 22.7 Å². The van der Waals surface area contributed by atoms with E-state index < -0.39 is 11.7 Å². The second kappa shape index (κ2) is 10.4. The number of rotatable bonds is 6. The van der Waals surface area contributed by atoms with Gasteiger partial charge in [-0.1, -0.05) is 6.07 Å². The molecule has 11 heteroatoms. The number of allylic oxidation sites excluding steroid dienone is 2. The minimum atomic E-state index is -4.48. The minimum Gasteiger partial charge on any atom is -0.492 e. The summed E-state index contributed by atoms with van der Waals surface area (Å²) >= 11 is 0. The first kappa shape index (κ1) is 24.6. The molecule has 0 bridgehead atoms. The predicted molar refractivity (Wildman–Crippen MR) is 123 cm³/mol. The number of alkyl halides is 3. The molecule has 2 aromatic rings. The number of nitrogens with zero attached hydrogens (tertiary/aromatic N) is 6. The van der Waals surface area contributed by atoms with E-state index >= 15 is 0 Å². The van der Waals surface area contributed by atoms with Gasteiger partial charge in [0, 0.05) is 32.3 Å². The third-order valence-corrected chi connectivity index (χ3v) is 5.87. The van der Waals surface area contributed by atoms with E-state index in [1.165, 1.54) is 22.5 Å². The summed E-state index contributed by atoms with van der Waals surface area (Å²) in [5.41, 5.74) is 1.25. The van der Waals surface area contributed by atoms with Gasteiger partial charge in [0.1, 0.15) is 12.4 Å². The maximum Gasteiger partial charge on any atom is 0.416 e. The first-order valence-electron chi connectivity index (χ1n) is 11.3. The molecule has 35 heavy (non-hydrogen) atoms. The van der Waals surface area contributed by atoms with Crippen molar-refractivity contribution in [2.24, 2.45) is 0 Å². The Bertz CT molecular complexity index is 1160. The average Bonchev–Trinajstić information content (AvgIpc) is 3.22. The number of aromatic nitrogens is 4. The highest BCUT2D eigenvalue weighted by molar-refractivity contribution is 5.92. The molecule has 1 fully saturated rings. The lowest BCUT2D eigenvalue weighted by Crippen LogP contribution is -2.48. The van der Waals surface area contributed by atoms with E-state index in [2.05, 4.69) is 20.3 Å². The summed E-state index contributed by atoms with van der Waals surface area (Å²) in [6.07, 6.45) is 2.53. The van der Waals surface area contributed by atoms with Gasteiger partial charge >= 0.3 is 6.18 Å². The number of tetrazole rings is 1. The lowest BCUT2D eigenvalue weighted by molar-refractivity contribution is -0.137. The molecule has 1 aromatic heterocycles. The predicted octanol–water partition coefficient (Wildman–Crippen LogP) is 3.07. The molecule has 8 nitrogen and oxygen atoms in total. The summed E-state index contributed by atoms with van der Waals surface area (Å²) in [7, 11) is 0. The zero-order valence-corrected chi connectivity index (χ0v) is 19.6. The van der Waals surface area contributed by atoms with Crippen LogP contribution in [0.2, 0.25) is 0 Å². The fourth-order valence-corrected chi connectivity index (χ4v) is 3.96. The van der Waals surface area contributed by atoms with Crippen molar-refractivity contribution in [2.45, 2.75) is 26.6 Å². The highest BCUT2D eigenvalue weighted by Gasteiger charge is 2.31. The fraction of sp³-hybridized carbons (Fsp3) is 0.417. The van der Waals surface area contributed by atoms with Crippen molar-refractivity contribution in [1.29, 1.82) is 0 Å². The molecule has 4 rings (SSSR count). The largest absolute Gasteiger partial charge is 0.492 e. The van der Waals surface area contributed by atoms with Gasteiger partial charge in [0.15, 0.2) is 5.82 Å². The van der Waals surface area contributed by atoms with Gasteiger partial charge in [-0.05, 0) is 66.1 Å². The van der Waals surface area contributed by atoms with Crippen molar-refractivity contribution in [3.05, 3.63) is 70.3 Å². The Hall–Kier alpha value is -3.47. The standard InChI is InChI=1S/C24H27F3N6O2/c1-17-7-12-35-22(13-17)16-31-8-10-32(11-9-31)23(34)6-4-19-3-5-21(24(25,26)27)14-20(19)15-33-29-18(2)28-30-33/h3-7,13-14H,8-12,15-16H2,1-2H3/b6-4+. The lowest BCUT2D eigenvalue weighted by atomic mass is 10.0. The summed E-state index contributed by atoms with van der Waals surface area (Å²) in [4.78, 5) is 18.0. The van der Waals surface area contributed by atoms with Crippen LogP contribution in [0.4, 0.5) is 13.2 Å². The van der Waals surface area contributed by atoms with E-state index in [-0.39, 0.29) is 12.5 Å². The van der Waals surface area contributed by atoms with Gasteiger partial charge < -0.3 is 9.64 Å². The van der Waals surface area contributed by atoms with E-state index in [9.17, 15) is 18.0 Å². The van der Waals surface area contributed by atoms with E-state index in [1.807, 2.05) is 19.1 Å². The SMILES string of the molecule is CC1=CCOC(CN2CCN(C(=O)/C=C/c3ccc(C(F)(F)F)cc3Cn3nnc(C)n3)CC2)=C1. The molecule has 0 atom stereocenters. The van der Waals surface area contributed by atoms with Crippen LogP contribution >= 0.6 is 0 Å². The second-order valence-corrected chi connectivity index (χ2v) is 8.58. The highest BCUT2D eigenvalue weighted by Crippen LogP contribution is 2.31. The summed E-state index contributed by atoms with van der Waals surface area (Å²) in [5.74, 6) is 1.16. The zero-order valence-electron chi connectivity index (χ0n) is 19.6. The quantitative estimate of drug-likeness (QED) is 0.582. The number of piperazine rings is 1. The number of halogens is 3. The smallest absolute Gasteiger partial charge is 0.416 e. The van der Waals surface area contributed by atoms with E-state index in [0.717, 1.165) is 17.9 Å². The molecule has 186 valence electrons. The Morgan fingerprint density at radius 2 is 1.91 bits per heavy atom. The van der Waals surface area contributed by atoms with Crippen LogP contribution in [0.5, 0.6) is 0 Å². The van der Waals surface area contributed by atoms with Crippen LogP contribution in [-0.4, -0.2) is 75.2 Å². The molecule has 0 saturated carbocycles. The molecule has 1 amide bonds. The molecule has 1 saturated heterocycles. The molecule has 0 N–H and O–H groups in total. The lowest BCUT2D eigenvalue weighted by Gasteiger charge is -2.34. The van der Waals surface area contributed by atoms with Gasteiger partial charge in [-0.15, -0.1) is 10.2 Å². The molecule has 0 unspecified atom stereocenters. The molecule has 2 aliphatic rings. The van der Waals surface area contributed by atoms with Crippen molar-refractivity contribution in [3.63, 3.8) is 0 Å². The van der Waals surface area contributed by atoms with Crippen LogP contribution in [-0.2, 0) is 22.3 Å². The van der Waals surface area contributed by atoms with Crippen LogP contribution < -0.4 is 0 Å². The fourth-order valence-electron chi connectivity index (χ4n) is 3.96. The maximum absolute atomic E-state index is 13.3. The first-order chi connectivity index (χ1) is 16.7. The Balaban J connectivity index is 1.40. The van der Waals surface area contributed by atoms with Crippen molar-refractivity contribution in [1.82, 2.24) is 30.0 Å². The van der Waals surface area contributed by atoms with Gasteiger partial charge in [-0.2, -0.15) is 18.0 Å². The molecule has 2 aliphatic heterocycles. The number of carbonyl (C=O) groups is 1. The van der Waals surface area contributed by atoms with Crippen LogP contribution in [0, 0.1) is 6.92 Å². The minimum absolute atomic E-state index is 0.00385. The molecule has 1 aromatic carbocycles. The van der Waals surface area contributed by atoms with E-state index in [0.29, 0.717) is 56.3 Å². The van der Waals surface area contributed by atoms with Crippen LogP contribution in [0.3, 0.4) is 0 Å². The van der Waals surface area contributed by atoms with Crippen molar-refractivity contribution in [3.8, 4) is 0 Å². The van der Waals surface area contributed by atoms with Gasteiger partial charge in [0.2, 0.25) is 5.91 Å². The molecule has 0 radical (unpaired) electrons. The highest BCUT2D eigenvalue weighted by atomic mass is 19.4. The topological polar surface area (TPSA) is 76.4 Å². The number of aryl methyl sites for hydroxylation is 1. The average molecular weight is 489 g/mol. The van der Waals surface area contributed by atoms with Crippen LogP contribution in [0.1, 0.15) is 29.4 Å². The zero-order chi connectivity index (χ0) is 25.0. The second-order valence-electron chi connectivity index (χ2n) is 8.58. The Morgan fingerprint density at radius 3 is 2.57 bits per heavy atom. The molecule has 0 aliphatic carbocycles. The monoisotopic (exact) mass is 488 g/mol. The van der Waals surface area contributed by atoms with Gasteiger partial charge in [0.25, 0.3) is 0 Å². The summed E-state index contributed by atoms with van der Waals surface area (Å²) < 4.78 is 45.4. The normalized spacial score (nSPS) is 17.3. The number of ether oxygens (including phenoxy) is 1. The summed E-state index contributed by atoms with van der Waals surface area (Å²) in [5, 5.41) is 11.7. The van der Waals surface area contributed by atoms with Gasteiger partial charge in [-0.3, -0.25) is 9.69 Å². The van der Waals surface area contributed by atoms with Crippen molar-refractivity contribution in [2.75, 3.05) is 39.3 Å². The summed E-state index contributed by atoms with van der Waals surface area (Å²) in [6.45, 7) is 7.53. The number of carbonyl (C=O) groups excluding carboxylic acids is 1. The molecular weight excluding hydrogens is 461 g/mol. The summed E-state index contributed by atoms with van der Waals surface area (Å²) in [6, 6.07) is 3.42. The molecular formula is C24H27F3N6O2. The van der Waals surface area contributed by atoms with E-state index in [1.54, 1.807) is 17.9 Å².